The lowest BCUT2D eigenvalue weighted by atomic mass is 10.2. The highest BCUT2D eigenvalue weighted by atomic mass is 16.6. The SMILES string of the molecule is CC(C)Oc1cc(NCCC2CCCO2)ccc1[N+](=O)[O-]. The second-order valence-electron chi connectivity index (χ2n) is 5.46. The number of hydrogen-bond donors (Lipinski definition) is 1. The molecule has 0 amide bonds. The molecular formula is C15H22N2O4. The Morgan fingerprint density at radius 3 is 2.95 bits per heavy atom. The molecule has 1 N–H and O–H groups in total. The fraction of sp³-hybridized carbons (Fsp3) is 0.600. The third-order valence-corrected chi connectivity index (χ3v) is 3.34. The van der Waals surface area contributed by atoms with Crippen molar-refractivity contribution in [2.75, 3.05) is 18.5 Å². The van der Waals surface area contributed by atoms with E-state index < -0.39 is 4.92 Å². The van der Waals surface area contributed by atoms with Crippen LogP contribution in [-0.4, -0.2) is 30.3 Å². The van der Waals surface area contributed by atoms with Gasteiger partial charge in [-0.1, -0.05) is 0 Å². The van der Waals surface area contributed by atoms with E-state index in [1.54, 1.807) is 12.1 Å². The number of rotatable bonds is 7. The van der Waals surface area contributed by atoms with Gasteiger partial charge in [0.05, 0.1) is 17.1 Å². The van der Waals surface area contributed by atoms with Crippen molar-refractivity contribution in [3.05, 3.63) is 28.3 Å². The molecule has 0 radical (unpaired) electrons. The summed E-state index contributed by atoms with van der Waals surface area (Å²) in [6, 6.07) is 4.88. The molecule has 6 nitrogen and oxygen atoms in total. The fourth-order valence-electron chi connectivity index (χ4n) is 2.37. The summed E-state index contributed by atoms with van der Waals surface area (Å²) in [4.78, 5) is 10.6. The summed E-state index contributed by atoms with van der Waals surface area (Å²) >= 11 is 0. The lowest BCUT2D eigenvalue weighted by Crippen LogP contribution is -2.13. The number of nitrogens with zero attached hydrogens (tertiary/aromatic N) is 1. The summed E-state index contributed by atoms with van der Waals surface area (Å²) < 4.78 is 11.1. The van der Waals surface area contributed by atoms with Gasteiger partial charge in [-0.25, -0.2) is 0 Å². The molecule has 1 aromatic rings. The first kappa shape index (κ1) is 15.6. The number of benzene rings is 1. The molecule has 0 saturated carbocycles. The van der Waals surface area contributed by atoms with E-state index in [1.807, 2.05) is 13.8 Å². The Balaban J connectivity index is 1.97. The van der Waals surface area contributed by atoms with Crippen LogP contribution in [0.25, 0.3) is 0 Å². The van der Waals surface area contributed by atoms with E-state index >= 15 is 0 Å². The zero-order chi connectivity index (χ0) is 15.2. The third-order valence-electron chi connectivity index (χ3n) is 3.34. The number of anilines is 1. The summed E-state index contributed by atoms with van der Waals surface area (Å²) in [6.45, 7) is 5.33. The molecule has 1 aliphatic rings. The van der Waals surface area contributed by atoms with Gasteiger partial charge >= 0.3 is 5.69 Å². The van der Waals surface area contributed by atoms with Crippen LogP contribution in [0.5, 0.6) is 5.75 Å². The van der Waals surface area contributed by atoms with Crippen molar-refractivity contribution in [3.63, 3.8) is 0 Å². The van der Waals surface area contributed by atoms with E-state index in [-0.39, 0.29) is 11.8 Å². The van der Waals surface area contributed by atoms with Crippen LogP contribution < -0.4 is 10.1 Å². The van der Waals surface area contributed by atoms with Crippen molar-refractivity contribution < 1.29 is 14.4 Å². The van der Waals surface area contributed by atoms with Crippen molar-refractivity contribution in [1.82, 2.24) is 0 Å². The summed E-state index contributed by atoms with van der Waals surface area (Å²) in [7, 11) is 0. The molecule has 1 aromatic carbocycles. The van der Waals surface area contributed by atoms with E-state index in [9.17, 15) is 10.1 Å². The van der Waals surface area contributed by atoms with Crippen LogP contribution in [0.15, 0.2) is 18.2 Å². The Bertz CT molecular complexity index is 485. The second-order valence-corrected chi connectivity index (χ2v) is 5.46. The lowest BCUT2D eigenvalue weighted by Gasteiger charge is -2.13. The van der Waals surface area contributed by atoms with E-state index in [0.717, 1.165) is 38.1 Å². The maximum absolute atomic E-state index is 11.0. The molecule has 0 spiro atoms. The van der Waals surface area contributed by atoms with Crippen molar-refractivity contribution in [3.8, 4) is 5.75 Å². The van der Waals surface area contributed by atoms with Crippen LogP contribution >= 0.6 is 0 Å². The minimum atomic E-state index is -0.423. The molecule has 1 atom stereocenters. The van der Waals surface area contributed by atoms with Crippen molar-refractivity contribution >= 4 is 11.4 Å². The van der Waals surface area contributed by atoms with Crippen molar-refractivity contribution in [2.24, 2.45) is 0 Å². The Morgan fingerprint density at radius 1 is 1.52 bits per heavy atom. The molecule has 2 rings (SSSR count). The second kappa shape index (κ2) is 7.26. The topological polar surface area (TPSA) is 73.6 Å². The predicted octanol–water partition coefficient (Wildman–Crippen LogP) is 3.36. The number of nitro benzene ring substituents is 1. The monoisotopic (exact) mass is 294 g/mol. The van der Waals surface area contributed by atoms with E-state index in [4.69, 9.17) is 9.47 Å². The molecular weight excluding hydrogens is 272 g/mol. The first-order valence-electron chi connectivity index (χ1n) is 7.37. The van der Waals surface area contributed by atoms with E-state index in [1.165, 1.54) is 6.07 Å². The number of nitro groups is 1. The van der Waals surface area contributed by atoms with Gasteiger partial charge in [0.1, 0.15) is 0 Å². The molecule has 0 bridgehead atoms. The molecule has 1 fully saturated rings. The summed E-state index contributed by atoms with van der Waals surface area (Å²) in [5, 5.41) is 14.3. The summed E-state index contributed by atoms with van der Waals surface area (Å²) in [5.41, 5.74) is 0.822. The normalized spacial score (nSPS) is 18.0. The van der Waals surface area contributed by atoms with Crippen molar-refractivity contribution in [2.45, 2.75) is 45.3 Å². The standard InChI is InChI=1S/C15H22N2O4/c1-11(2)21-15-10-12(5-6-14(15)17(18)19)16-8-7-13-4-3-9-20-13/h5-6,10-11,13,16H,3-4,7-9H2,1-2H3. The maximum atomic E-state index is 11.0. The predicted molar refractivity (Wildman–Crippen MR) is 80.9 cm³/mol. The quantitative estimate of drug-likeness (QED) is 0.616. The first-order chi connectivity index (χ1) is 10.1. The van der Waals surface area contributed by atoms with E-state index in [0.29, 0.717) is 11.9 Å². The van der Waals surface area contributed by atoms with Gasteiger partial charge in [0.2, 0.25) is 0 Å². The van der Waals surface area contributed by atoms with Crippen LogP contribution in [0.2, 0.25) is 0 Å². The van der Waals surface area contributed by atoms with Crippen LogP contribution in [0.4, 0.5) is 11.4 Å². The molecule has 21 heavy (non-hydrogen) atoms. The van der Waals surface area contributed by atoms with Gasteiger partial charge in [0, 0.05) is 31.0 Å². The maximum Gasteiger partial charge on any atom is 0.311 e. The van der Waals surface area contributed by atoms with Gasteiger partial charge in [-0.2, -0.15) is 0 Å². The smallest absolute Gasteiger partial charge is 0.311 e. The Hall–Kier alpha value is -1.82. The summed E-state index contributed by atoms with van der Waals surface area (Å²) in [5.74, 6) is 0.303. The van der Waals surface area contributed by atoms with Crippen LogP contribution in [-0.2, 0) is 4.74 Å². The highest BCUT2D eigenvalue weighted by molar-refractivity contribution is 5.58. The average Bonchev–Trinajstić information content (AvgIpc) is 2.91. The Kier molecular flexibility index (Phi) is 5.38. The van der Waals surface area contributed by atoms with E-state index in [2.05, 4.69) is 5.32 Å². The largest absolute Gasteiger partial charge is 0.484 e. The minimum Gasteiger partial charge on any atom is -0.484 e. The van der Waals surface area contributed by atoms with Gasteiger partial charge in [0.25, 0.3) is 0 Å². The molecule has 1 unspecified atom stereocenters. The zero-order valence-electron chi connectivity index (χ0n) is 12.5. The molecule has 1 aliphatic heterocycles. The van der Waals surface area contributed by atoms with Gasteiger partial charge in [-0.05, 0) is 39.2 Å². The first-order valence-corrected chi connectivity index (χ1v) is 7.37. The Labute approximate surface area is 124 Å². The van der Waals surface area contributed by atoms with Gasteiger partial charge in [-0.3, -0.25) is 10.1 Å². The molecule has 1 heterocycles. The number of nitrogens with one attached hydrogen (secondary N) is 1. The van der Waals surface area contributed by atoms with Crippen molar-refractivity contribution in [1.29, 1.82) is 0 Å². The van der Waals surface area contributed by atoms with Gasteiger partial charge in [-0.15, -0.1) is 0 Å². The molecule has 1 saturated heterocycles. The Morgan fingerprint density at radius 2 is 2.33 bits per heavy atom. The lowest BCUT2D eigenvalue weighted by molar-refractivity contribution is -0.386. The number of ether oxygens (including phenoxy) is 2. The third kappa shape index (κ3) is 4.60. The molecule has 6 heteroatoms. The molecule has 116 valence electrons. The zero-order valence-corrected chi connectivity index (χ0v) is 12.5. The fourth-order valence-corrected chi connectivity index (χ4v) is 2.37. The minimum absolute atomic E-state index is 0.00613. The van der Waals surface area contributed by atoms with Crippen LogP contribution in [0, 0.1) is 10.1 Å². The average molecular weight is 294 g/mol. The van der Waals surface area contributed by atoms with Crippen LogP contribution in [0.1, 0.15) is 33.1 Å². The van der Waals surface area contributed by atoms with Gasteiger partial charge in [0.15, 0.2) is 5.75 Å². The highest BCUT2D eigenvalue weighted by Gasteiger charge is 2.17. The molecule has 0 aromatic heterocycles. The van der Waals surface area contributed by atoms with Gasteiger partial charge < -0.3 is 14.8 Å². The van der Waals surface area contributed by atoms with Crippen LogP contribution in [0.3, 0.4) is 0 Å². The summed E-state index contributed by atoms with van der Waals surface area (Å²) in [6.07, 6.45) is 3.42. The highest BCUT2D eigenvalue weighted by Crippen LogP contribution is 2.31. The molecule has 0 aliphatic carbocycles. The number of hydrogen-bond acceptors (Lipinski definition) is 5.